The van der Waals surface area contributed by atoms with Crippen LogP contribution in [0, 0.1) is 3.57 Å². The van der Waals surface area contributed by atoms with Gasteiger partial charge in [-0.2, -0.15) is 0 Å². The second-order valence-electron chi connectivity index (χ2n) is 3.21. The molecule has 74 valence electrons. The van der Waals surface area contributed by atoms with Crippen molar-refractivity contribution in [1.29, 1.82) is 0 Å². The number of hydrogen-bond donors (Lipinski definition) is 0. The Hall–Kier alpha value is -0.200. The van der Waals surface area contributed by atoms with E-state index in [1.807, 2.05) is 12.3 Å². The Labute approximate surface area is 113 Å². The molecule has 1 nitrogen and oxygen atoms in total. The molecule has 3 rings (SSSR count). The van der Waals surface area contributed by atoms with Crippen molar-refractivity contribution in [2.24, 2.45) is 0 Å². The summed E-state index contributed by atoms with van der Waals surface area (Å²) in [4.78, 5) is 4.46. The fourth-order valence-electron chi connectivity index (χ4n) is 1.60. The van der Waals surface area contributed by atoms with Crippen LogP contribution >= 0.6 is 49.9 Å². The predicted octanol–water partition coefficient (Wildman–Crippen LogP) is 4.82. The van der Waals surface area contributed by atoms with Crippen LogP contribution in [-0.2, 0) is 0 Å². The van der Waals surface area contributed by atoms with Gasteiger partial charge in [0.2, 0.25) is 0 Å². The van der Waals surface area contributed by atoms with Gasteiger partial charge in [0, 0.05) is 24.3 Å². The van der Waals surface area contributed by atoms with Crippen LogP contribution in [0.3, 0.4) is 0 Å². The summed E-state index contributed by atoms with van der Waals surface area (Å²) in [5, 5.41) is 1.24. The van der Waals surface area contributed by atoms with Crippen molar-refractivity contribution in [3.05, 3.63) is 38.5 Å². The Balaban J connectivity index is 2.58. The minimum Gasteiger partial charge on any atom is -0.255 e. The van der Waals surface area contributed by atoms with Gasteiger partial charge in [0.05, 0.1) is 10.2 Å². The zero-order valence-electron chi connectivity index (χ0n) is 7.50. The molecule has 0 saturated heterocycles. The van der Waals surface area contributed by atoms with Crippen LogP contribution in [0.2, 0.25) is 0 Å². The van der Waals surface area contributed by atoms with Gasteiger partial charge in [-0.25, -0.2) is 0 Å². The highest BCUT2D eigenvalue weighted by Gasteiger charge is 2.08. The molecule has 2 aromatic heterocycles. The number of halogens is 2. The monoisotopic (exact) mass is 389 g/mol. The van der Waals surface area contributed by atoms with Gasteiger partial charge in [0.25, 0.3) is 0 Å². The molecule has 0 spiro atoms. The molecule has 15 heavy (non-hydrogen) atoms. The molecular weight excluding hydrogens is 385 g/mol. The van der Waals surface area contributed by atoms with Crippen LogP contribution in [0.1, 0.15) is 0 Å². The Kier molecular flexibility index (Phi) is 2.45. The van der Waals surface area contributed by atoms with Gasteiger partial charge >= 0.3 is 0 Å². The lowest BCUT2D eigenvalue weighted by Gasteiger charge is -1.92. The summed E-state index contributed by atoms with van der Waals surface area (Å²) < 4.78 is 4.96. The standard InChI is InChI=1S/C11H5BrINS/c12-6-1-2-9-7(5-6)10-11(15-9)8(13)3-4-14-10/h1-5H. The Morgan fingerprint density at radius 1 is 1.27 bits per heavy atom. The van der Waals surface area contributed by atoms with Crippen molar-refractivity contribution >= 4 is 70.2 Å². The van der Waals surface area contributed by atoms with E-state index in [2.05, 4.69) is 61.7 Å². The van der Waals surface area contributed by atoms with Crippen molar-refractivity contribution in [3.63, 3.8) is 0 Å². The maximum Gasteiger partial charge on any atom is 0.0899 e. The first kappa shape index (κ1) is 9.99. The average Bonchev–Trinajstić information content (AvgIpc) is 2.58. The van der Waals surface area contributed by atoms with Crippen LogP contribution in [0.15, 0.2) is 34.9 Å². The lowest BCUT2D eigenvalue weighted by Crippen LogP contribution is -1.75. The van der Waals surface area contributed by atoms with Crippen molar-refractivity contribution in [1.82, 2.24) is 4.98 Å². The highest BCUT2D eigenvalue weighted by Crippen LogP contribution is 2.36. The number of rotatable bonds is 0. The molecule has 0 unspecified atom stereocenters. The third-order valence-corrected chi connectivity index (χ3v) is 5.22. The molecule has 1 aromatic carbocycles. The van der Waals surface area contributed by atoms with E-state index in [0.717, 1.165) is 9.99 Å². The minimum absolute atomic E-state index is 1.11. The first-order valence-electron chi connectivity index (χ1n) is 4.38. The highest BCUT2D eigenvalue weighted by molar-refractivity contribution is 14.1. The number of nitrogens with zero attached hydrogens (tertiary/aromatic N) is 1. The maximum absolute atomic E-state index is 4.46. The van der Waals surface area contributed by atoms with Crippen molar-refractivity contribution in [2.45, 2.75) is 0 Å². The third kappa shape index (κ3) is 1.59. The fraction of sp³-hybridized carbons (Fsp3) is 0. The summed E-state index contributed by atoms with van der Waals surface area (Å²) in [5.74, 6) is 0. The topological polar surface area (TPSA) is 12.9 Å². The van der Waals surface area contributed by atoms with E-state index >= 15 is 0 Å². The molecule has 0 aliphatic rings. The molecular formula is C11H5BrINS. The fourth-order valence-corrected chi connectivity index (χ4v) is 3.75. The molecule has 0 radical (unpaired) electrons. The smallest absolute Gasteiger partial charge is 0.0899 e. The van der Waals surface area contributed by atoms with Gasteiger partial charge < -0.3 is 0 Å². The molecule has 0 aliphatic carbocycles. The zero-order chi connectivity index (χ0) is 10.4. The number of thiophene rings is 1. The first-order valence-corrected chi connectivity index (χ1v) is 7.07. The highest BCUT2D eigenvalue weighted by atomic mass is 127. The SMILES string of the molecule is Brc1ccc2sc3c(I)ccnc3c2c1. The van der Waals surface area contributed by atoms with E-state index in [4.69, 9.17) is 0 Å². The number of pyridine rings is 1. The second kappa shape index (κ2) is 3.68. The summed E-state index contributed by atoms with van der Waals surface area (Å²) in [5.41, 5.74) is 1.11. The van der Waals surface area contributed by atoms with Crippen LogP contribution in [0.4, 0.5) is 0 Å². The molecule has 0 bridgehead atoms. The lowest BCUT2D eigenvalue weighted by atomic mass is 10.2. The molecule has 0 aliphatic heterocycles. The molecule has 4 heteroatoms. The summed E-state index contributed by atoms with van der Waals surface area (Å²) in [7, 11) is 0. The van der Waals surface area contributed by atoms with Gasteiger partial charge in [-0.05, 0) is 46.9 Å². The number of aromatic nitrogens is 1. The predicted molar refractivity (Wildman–Crippen MR) is 77.5 cm³/mol. The summed E-state index contributed by atoms with van der Waals surface area (Å²) in [6.07, 6.45) is 1.87. The van der Waals surface area contributed by atoms with Gasteiger partial charge in [-0.1, -0.05) is 15.9 Å². The summed E-state index contributed by atoms with van der Waals surface area (Å²) in [6.45, 7) is 0. The normalized spacial score (nSPS) is 11.3. The molecule has 0 fully saturated rings. The van der Waals surface area contributed by atoms with Crippen molar-refractivity contribution in [3.8, 4) is 0 Å². The number of hydrogen-bond acceptors (Lipinski definition) is 2. The Bertz CT molecular complexity index is 662. The number of fused-ring (bicyclic) bond motifs is 3. The quantitative estimate of drug-likeness (QED) is 0.502. The van der Waals surface area contributed by atoms with Gasteiger partial charge in [0.1, 0.15) is 0 Å². The molecule has 0 saturated carbocycles. The third-order valence-electron chi connectivity index (χ3n) is 2.27. The molecule has 2 heterocycles. The van der Waals surface area contributed by atoms with Crippen LogP contribution in [-0.4, -0.2) is 4.98 Å². The van der Waals surface area contributed by atoms with Crippen LogP contribution < -0.4 is 0 Å². The van der Waals surface area contributed by atoms with Gasteiger partial charge in [-0.3, -0.25) is 4.98 Å². The minimum atomic E-state index is 1.11. The van der Waals surface area contributed by atoms with E-state index in [1.54, 1.807) is 11.3 Å². The maximum atomic E-state index is 4.46. The molecule has 0 N–H and O–H groups in total. The Morgan fingerprint density at radius 2 is 2.13 bits per heavy atom. The lowest BCUT2D eigenvalue weighted by molar-refractivity contribution is 1.43. The number of benzene rings is 1. The van der Waals surface area contributed by atoms with E-state index in [1.165, 1.54) is 18.4 Å². The van der Waals surface area contributed by atoms with Gasteiger partial charge in [-0.15, -0.1) is 11.3 Å². The summed E-state index contributed by atoms with van der Waals surface area (Å²) >= 11 is 7.66. The van der Waals surface area contributed by atoms with Crippen LogP contribution in [0.25, 0.3) is 20.3 Å². The second-order valence-corrected chi connectivity index (χ2v) is 6.34. The Morgan fingerprint density at radius 3 is 3.00 bits per heavy atom. The first-order chi connectivity index (χ1) is 7.25. The van der Waals surface area contributed by atoms with Gasteiger partial charge in [0.15, 0.2) is 0 Å². The molecule has 3 aromatic rings. The van der Waals surface area contributed by atoms with E-state index in [9.17, 15) is 0 Å². The molecule has 0 atom stereocenters. The zero-order valence-corrected chi connectivity index (χ0v) is 12.1. The van der Waals surface area contributed by atoms with E-state index in [-0.39, 0.29) is 0 Å². The van der Waals surface area contributed by atoms with Crippen molar-refractivity contribution < 1.29 is 0 Å². The van der Waals surface area contributed by atoms with Crippen LogP contribution in [0.5, 0.6) is 0 Å². The van der Waals surface area contributed by atoms with E-state index in [0.29, 0.717) is 0 Å². The average molecular weight is 390 g/mol. The molecule has 0 amide bonds. The van der Waals surface area contributed by atoms with Crippen molar-refractivity contribution in [2.75, 3.05) is 0 Å². The summed E-state index contributed by atoms with van der Waals surface area (Å²) in [6, 6.07) is 8.40. The largest absolute Gasteiger partial charge is 0.255 e. The van der Waals surface area contributed by atoms with E-state index < -0.39 is 0 Å².